The Bertz CT molecular complexity index is 841. The molecule has 26 heavy (non-hydrogen) atoms. The summed E-state index contributed by atoms with van der Waals surface area (Å²) in [5, 5.41) is 25.5. The summed E-state index contributed by atoms with van der Waals surface area (Å²) in [6.07, 6.45) is 0.447. The number of phenols is 1. The molecule has 0 atom stereocenters. The van der Waals surface area contributed by atoms with E-state index in [4.69, 9.17) is 11.6 Å². The summed E-state index contributed by atoms with van der Waals surface area (Å²) in [4.78, 5) is 34.1. The maximum Gasteiger partial charge on any atom is 0.270 e. The molecule has 0 aromatic heterocycles. The molecule has 0 heterocycles. The number of carbonyl (C=O) groups excluding carboxylic acids is 2. The summed E-state index contributed by atoms with van der Waals surface area (Å²) in [6, 6.07) is 9.57. The smallest absolute Gasteiger partial charge is 0.270 e. The molecule has 0 aliphatic rings. The van der Waals surface area contributed by atoms with E-state index in [-0.39, 0.29) is 34.5 Å². The highest BCUT2D eigenvalue weighted by Gasteiger charge is 2.15. The Balaban J connectivity index is 1.79. The number of rotatable bonds is 7. The predicted molar refractivity (Wildman–Crippen MR) is 95.5 cm³/mol. The summed E-state index contributed by atoms with van der Waals surface area (Å²) in [6.45, 7) is 0.551. The van der Waals surface area contributed by atoms with Crippen LogP contribution in [0.1, 0.15) is 27.1 Å². The Morgan fingerprint density at radius 2 is 1.77 bits per heavy atom. The Morgan fingerprint density at radius 1 is 1.08 bits per heavy atom. The molecule has 2 aromatic carbocycles. The molecule has 2 aromatic rings. The highest BCUT2D eigenvalue weighted by atomic mass is 35.5. The van der Waals surface area contributed by atoms with Gasteiger partial charge in [-0.15, -0.1) is 0 Å². The van der Waals surface area contributed by atoms with Crippen LogP contribution in [0, 0.1) is 10.1 Å². The van der Waals surface area contributed by atoms with E-state index in [1.165, 1.54) is 24.3 Å². The van der Waals surface area contributed by atoms with Gasteiger partial charge in [0.15, 0.2) is 0 Å². The van der Waals surface area contributed by atoms with E-state index >= 15 is 0 Å². The molecule has 0 saturated carbocycles. The van der Waals surface area contributed by atoms with Crippen molar-refractivity contribution in [2.75, 3.05) is 13.1 Å². The molecule has 3 N–H and O–H groups in total. The van der Waals surface area contributed by atoms with Gasteiger partial charge in [0.2, 0.25) is 0 Å². The molecule has 2 rings (SSSR count). The molecule has 0 bridgehead atoms. The first-order valence-corrected chi connectivity index (χ1v) is 8.05. The van der Waals surface area contributed by atoms with Crippen LogP contribution >= 0.6 is 11.6 Å². The van der Waals surface area contributed by atoms with Crippen LogP contribution in [0.2, 0.25) is 5.02 Å². The third-order valence-corrected chi connectivity index (χ3v) is 3.77. The van der Waals surface area contributed by atoms with Crippen molar-refractivity contribution in [1.29, 1.82) is 0 Å². The van der Waals surface area contributed by atoms with E-state index in [2.05, 4.69) is 10.6 Å². The van der Waals surface area contributed by atoms with Crippen molar-refractivity contribution in [1.82, 2.24) is 10.6 Å². The van der Waals surface area contributed by atoms with Crippen molar-refractivity contribution < 1.29 is 19.6 Å². The molecule has 0 unspecified atom stereocenters. The van der Waals surface area contributed by atoms with E-state index in [1.807, 2.05) is 0 Å². The first-order valence-electron chi connectivity index (χ1n) is 7.68. The van der Waals surface area contributed by atoms with E-state index in [1.54, 1.807) is 12.1 Å². The van der Waals surface area contributed by atoms with Crippen LogP contribution in [0.5, 0.6) is 5.75 Å². The Kier molecular flexibility index (Phi) is 6.51. The van der Waals surface area contributed by atoms with Crippen LogP contribution in [0.3, 0.4) is 0 Å². The zero-order valence-corrected chi connectivity index (χ0v) is 14.3. The highest BCUT2D eigenvalue weighted by molar-refractivity contribution is 6.33. The topological polar surface area (TPSA) is 122 Å². The van der Waals surface area contributed by atoms with Gasteiger partial charge in [-0.25, -0.2) is 0 Å². The van der Waals surface area contributed by atoms with Crippen LogP contribution in [0.15, 0.2) is 42.5 Å². The fourth-order valence-electron chi connectivity index (χ4n) is 2.14. The van der Waals surface area contributed by atoms with Crippen molar-refractivity contribution in [3.8, 4) is 5.75 Å². The number of amides is 2. The first kappa shape index (κ1) is 19.2. The number of hydrogen-bond donors (Lipinski definition) is 3. The van der Waals surface area contributed by atoms with Gasteiger partial charge in [0.25, 0.3) is 17.5 Å². The minimum Gasteiger partial charge on any atom is -0.508 e. The lowest BCUT2D eigenvalue weighted by Crippen LogP contribution is -2.30. The third-order valence-electron chi connectivity index (χ3n) is 3.44. The highest BCUT2D eigenvalue weighted by Crippen LogP contribution is 2.21. The largest absolute Gasteiger partial charge is 0.508 e. The number of non-ortho nitro benzene ring substituents is 1. The second-order valence-electron chi connectivity index (χ2n) is 5.34. The maximum absolute atomic E-state index is 12.1. The van der Waals surface area contributed by atoms with Crippen LogP contribution in [-0.4, -0.2) is 34.9 Å². The fourth-order valence-corrected chi connectivity index (χ4v) is 2.34. The zero-order valence-electron chi connectivity index (χ0n) is 13.6. The Labute approximate surface area is 153 Å². The van der Waals surface area contributed by atoms with Gasteiger partial charge in [-0.05, 0) is 30.7 Å². The number of halogens is 1. The van der Waals surface area contributed by atoms with Crippen LogP contribution in [-0.2, 0) is 0 Å². The lowest BCUT2D eigenvalue weighted by atomic mass is 10.2. The summed E-state index contributed by atoms with van der Waals surface area (Å²) < 4.78 is 0. The van der Waals surface area contributed by atoms with Gasteiger partial charge < -0.3 is 15.7 Å². The number of nitro groups is 1. The SMILES string of the molecule is O=C(NCCCNC(=O)c1cc([N+](=O)[O-])ccc1Cl)c1cccc(O)c1. The van der Waals surface area contributed by atoms with Crippen molar-refractivity contribution in [2.24, 2.45) is 0 Å². The molecule has 9 heteroatoms. The minimum atomic E-state index is -0.607. The van der Waals surface area contributed by atoms with E-state index in [0.717, 1.165) is 6.07 Å². The number of nitrogens with one attached hydrogen (secondary N) is 2. The van der Waals surface area contributed by atoms with Gasteiger partial charge >= 0.3 is 0 Å². The van der Waals surface area contributed by atoms with Crippen LogP contribution < -0.4 is 10.6 Å². The lowest BCUT2D eigenvalue weighted by molar-refractivity contribution is -0.384. The van der Waals surface area contributed by atoms with Gasteiger partial charge in [-0.2, -0.15) is 0 Å². The molecular formula is C17H16ClN3O5. The quantitative estimate of drug-likeness (QED) is 0.389. The van der Waals surface area contributed by atoms with E-state index in [9.17, 15) is 24.8 Å². The number of nitro benzene ring substituents is 1. The predicted octanol–water partition coefficient (Wildman–Crippen LogP) is 2.50. The average molecular weight is 378 g/mol. The number of phenolic OH excluding ortho intramolecular Hbond substituents is 1. The number of hydrogen-bond acceptors (Lipinski definition) is 5. The number of nitrogens with zero attached hydrogens (tertiary/aromatic N) is 1. The third kappa shape index (κ3) is 5.18. The molecule has 8 nitrogen and oxygen atoms in total. The van der Waals surface area contributed by atoms with Gasteiger partial charge in [0, 0.05) is 30.8 Å². The molecule has 0 saturated heterocycles. The molecule has 0 aliphatic carbocycles. The van der Waals surface area contributed by atoms with Crippen molar-refractivity contribution in [3.05, 3.63) is 68.7 Å². The molecule has 136 valence electrons. The standard InChI is InChI=1S/C17H16ClN3O5/c18-15-6-5-12(21(25)26)10-14(15)17(24)20-8-2-7-19-16(23)11-3-1-4-13(22)9-11/h1,3-6,9-10,22H,2,7-8H2,(H,19,23)(H,20,24). The minimum absolute atomic E-state index is 0.00116. The second kappa shape index (κ2) is 8.82. The van der Waals surface area contributed by atoms with E-state index < -0.39 is 10.8 Å². The summed E-state index contributed by atoms with van der Waals surface area (Å²) in [7, 11) is 0. The van der Waals surface area contributed by atoms with Crippen LogP contribution in [0.4, 0.5) is 5.69 Å². The normalized spacial score (nSPS) is 10.2. The molecular weight excluding hydrogens is 362 g/mol. The van der Waals surface area contributed by atoms with E-state index in [0.29, 0.717) is 18.5 Å². The van der Waals surface area contributed by atoms with Gasteiger partial charge in [-0.3, -0.25) is 19.7 Å². The molecule has 0 spiro atoms. The summed E-state index contributed by atoms with van der Waals surface area (Å²) in [5.74, 6) is -0.870. The Morgan fingerprint density at radius 3 is 2.42 bits per heavy atom. The number of aromatic hydroxyl groups is 1. The monoisotopic (exact) mass is 377 g/mol. The lowest BCUT2D eigenvalue weighted by Gasteiger charge is -2.08. The van der Waals surface area contributed by atoms with Crippen LogP contribution in [0.25, 0.3) is 0 Å². The van der Waals surface area contributed by atoms with Gasteiger partial charge in [0.1, 0.15) is 5.75 Å². The van der Waals surface area contributed by atoms with Gasteiger partial charge in [-0.1, -0.05) is 17.7 Å². The van der Waals surface area contributed by atoms with Crippen molar-refractivity contribution in [3.63, 3.8) is 0 Å². The van der Waals surface area contributed by atoms with Crippen molar-refractivity contribution in [2.45, 2.75) is 6.42 Å². The Hall–Kier alpha value is -3.13. The molecule has 0 radical (unpaired) electrons. The molecule has 0 aliphatic heterocycles. The zero-order chi connectivity index (χ0) is 19.1. The molecule has 2 amide bonds. The summed E-state index contributed by atoms with van der Waals surface area (Å²) >= 11 is 5.90. The molecule has 0 fully saturated rings. The van der Waals surface area contributed by atoms with Gasteiger partial charge in [0.05, 0.1) is 15.5 Å². The maximum atomic E-state index is 12.1. The number of carbonyl (C=O) groups is 2. The summed E-state index contributed by atoms with van der Waals surface area (Å²) in [5.41, 5.74) is 0.125. The average Bonchev–Trinajstić information content (AvgIpc) is 2.61. The second-order valence-corrected chi connectivity index (χ2v) is 5.74. The number of benzene rings is 2. The fraction of sp³-hybridized carbons (Fsp3) is 0.176. The first-order chi connectivity index (χ1) is 12.4. The van der Waals surface area contributed by atoms with Crippen molar-refractivity contribution >= 4 is 29.1 Å².